The highest BCUT2D eigenvalue weighted by Gasteiger charge is 2.36. The van der Waals surface area contributed by atoms with Gasteiger partial charge in [0.1, 0.15) is 5.92 Å². The first-order chi connectivity index (χ1) is 9.16. The van der Waals surface area contributed by atoms with Gasteiger partial charge in [-0.05, 0) is 16.3 Å². The highest BCUT2D eigenvalue weighted by atomic mass is 16.2. The van der Waals surface area contributed by atoms with Gasteiger partial charge >= 0.3 is 6.03 Å². The molecule has 0 bridgehead atoms. The normalized spacial score (nSPS) is 16.3. The van der Waals surface area contributed by atoms with Crippen LogP contribution in [0.3, 0.4) is 0 Å². The Morgan fingerprint density at radius 2 is 1.42 bits per heavy atom. The van der Waals surface area contributed by atoms with Crippen molar-refractivity contribution >= 4 is 28.6 Å². The van der Waals surface area contributed by atoms with E-state index >= 15 is 0 Å². The fraction of sp³-hybridized carbons (Fsp3) is 0.0714. The molecule has 2 aromatic rings. The smallest absolute Gasteiger partial charge is 0.277 e. The van der Waals surface area contributed by atoms with E-state index in [0.29, 0.717) is 5.56 Å². The second-order valence-corrected chi connectivity index (χ2v) is 4.31. The highest BCUT2D eigenvalue weighted by molar-refractivity contribution is 6.20. The van der Waals surface area contributed by atoms with E-state index in [1.54, 1.807) is 12.1 Å². The number of barbiturate groups is 1. The predicted octanol–water partition coefficient (Wildman–Crippen LogP) is 1.29. The number of rotatable bonds is 1. The number of nitrogens with one attached hydrogen (secondary N) is 2. The van der Waals surface area contributed by atoms with Gasteiger partial charge in [0, 0.05) is 0 Å². The molecule has 0 radical (unpaired) electrons. The zero-order valence-electron chi connectivity index (χ0n) is 9.84. The van der Waals surface area contributed by atoms with Gasteiger partial charge in [-0.2, -0.15) is 0 Å². The highest BCUT2D eigenvalue weighted by Crippen LogP contribution is 2.27. The molecule has 5 heteroatoms. The molecule has 1 fully saturated rings. The Kier molecular flexibility index (Phi) is 2.52. The second-order valence-electron chi connectivity index (χ2n) is 4.31. The lowest BCUT2D eigenvalue weighted by atomic mass is 9.91. The standard InChI is InChI=1S/C14H10N2O3/c17-12-11(13(18)16-14(19)15-12)10-7-3-5-8-4-1-2-6-9(8)10/h1-7,11H,(H2,15,16,17,18,19). The van der Waals surface area contributed by atoms with E-state index in [1.807, 2.05) is 30.3 Å². The molecule has 94 valence electrons. The van der Waals surface area contributed by atoms with Crippen LogP contribution in [0, 0.1) is 0 Å². The number of benzene rings is 2. The van der Waals surface area contributed by atoms with E-state index in [2.05, 4.69) is 10.6 Å². The quantitative estimate of drug-likeness (QED) is 0.753. The van der Waals surface area contributed by atoms with Crippen LogP contribution in [0.2, 0.25) is 0 Å². The number of amides is 4. The third-order valence-electron chi connectivity index (χ3n) is 3.13. The van der Waals surface area contributed by atoms with Gasteiger partial charge in [-0.25, -0.2) is 4.79 Å². The Labute approximate surface area is 108 Å². The van der Waals surface area contributed by atoms with Gasteiger partial charge in [0.25, 0.3) is 0 Å². The van der Waals surface area contributed by atoms with Crippen molar-refractivity contribution in [2.24, 2.45) is 0 Å². The number of carbonyl (C=O) groups excluding carboxylic acids is 3. The maximum atomic E-state index is 11.9. The van der Waals surface area contributed by atoms with E-state index in [0.717, 1.165) is 10.8 Å². The Morgan fingerprint density at radius 1 is 0.789 bits per heavy atom. The van der Waals surface area contributed by atoms with E-state index in [4.69, 9.17) is 0 Å². The Morgan fingerprint density at radius 3 is 2.16 bits per heavy atom. The summed E-state index contributed by atoms with van der Waals surface area (Å²) in [5.74, 6) is -2.18. The molecule has 3 rings (SSSR count). The van der Waals surface area contributed by atoms with E-state index in [-0.39, 0.29) is 0 Å². The van der Waals surface area contributed by atoms with Crippen LogP contribution in [0.1, 0.15) is 11.5 Å². The third-order valence-corrected chi connectivity index (χ3v) is 3.13. The van der Waals surface area contributed by atoms with Gasteiger partial charge in [-0.1, -0.05) is 42.5 Å². The molecule has 1 saturated heterocycles. The summed E-state index contributed by atoms with van der Waals surface area (Å²) < 4.78 is 0. The first-order valence-electron chi connectivity index (χ1n) is 5.80. The number of hydrogen-bond donors (Lipinski definition) is 2. The Balaban J connectivity index is 2.16. The van der Waals surface area contributed by atoms with Gasteiger partial charge in [0.2, 0.25) is 11.8 Å². The largest absolute Gasteiger partial charge is 0.328 e. The minimum atomic E-state index is -0.996. The van der Waals surface area contributed by atoms with Crippen molar-refractivity contribution in [3.8, 4) is 0 Å². The molecule has 2 N–H and O–H groups in total. The molecular formula is C14H10N2O3. The van der Waals surface area contributed by atoms with Crippen molar-refractivity contribution in [2.75, 3.05) is 0 Å². The molecule has 0 spiro atoms. The summed E-state index contributed by atoms with van der Waals surface area (Å²) in [5, 5.41) is 6.00. The number of hydrogen-bond acceptors (Lipinski definition) is 3. The minimum absolute atomic E-state index is 0.592. The van der Waals surface area contributed by atoms with Crippen molar-refractivity contribution in [3.63, 3.8) is 0 Å². The fourth-order valence-corrected chi connectivity index (χ4v) is 2.30. The lowest BCUT2D eigenvalue weighted by Gasteiger charge is -2.21. The fourth-order valence-electron chi connectivity index (χ4n) is 2.30. The van der Waals surface area contributed by atoms with E-state index < -0.39 is 23.8 Å². The first-order valence-corrected chi connectivity index (χ1v) is 5.80. The van der Waals surface area contributed by atoms with Gasteiger partial charge < -0.3 is 0 Å². The molecule has 2 aromatic carbocycles. The molecule has 19 heavy (non-hydrogen) atoms. The van der Waals surface area contributed by atoms with Gasteiger partial charge in [0.05, 0.1) is 0 Å². The summed E-state index contributed by atoms with van der Waals surface area (Å²) in [7, 11) is 0. The zero-order chi connectivity index (χ0) is 13.4. The molecule has 0 aromatic heterocycles. The van der Waals surface area contributed by atoms with Gasteiger partial charge in [0.15, 0.2) is 0 Å². The average Bonchev–Trinajstić information content (AvgIpc) is 2.38. The van der Waals surface area contributed by atoms with E-state index in [9.17, 15) is 14.4 Å². The molecule has 0 aliphatic carbocycles. The van der Waals surface area contributed by atoms with E-state index in [1.165, 1.54) is 0 Å². The van der Waals surface area contributed by atoms with Crippen LogP contribution >= 0.6 is 0 Å². The summed E-state index contributed by atoms with van der Waals surface area (Å²) in [6.07, 6.45) is 0. The SMILES string of the molecule is O=C1NC(=O)C(c2cccc3ccccc23)C(=O)N1. The molecule has 1 aliphatic rings. The minimum Gasteiger partial charge on any atom is -0.277 e. The van der Waals surface area contributed by atoms with Crippen molar-refractivity contribution < 1.29 is 14.4 Å². The third kappa shape index (κ3) is 1.85. The molecule has 0 saturated carbocycles. The molecule has 0 atom stereocenters. The lowest BCUT2D eigenvalue weighted by molar-refractivity contribution is -0.132. The molecular weight excluding hydrogens is 244 g/mol. The number of fused-ring (bicyclic) bond motifs is 1. The van der Waals surface area contributed by atoms with Crippen molar-refractivity contribution in [2.45, 2.75) is 5.92 Å². The molecule has 1 heterocycles. The summed E-state index contributed by atoms with van der Waals surface area (Å²) in [5.41, 5.74) is 0.598. The van der Waals surface area contributed by atoms with Crippen LogP contribution in [0.25, 0.3) is 10.8 Å². The average molecular weight is 254 g/mol. The topological polar surface area (TPSA) is 75.3 Å². The summed E-state index contributed by atoms with van der Waals surface area (Å²) in [6, 6.07) is 12.1. The Bertz CT molecular complexity index is 683. The van der Waals surface area contributed by atoms with Crippen LogP contribution in [-0.2, 0) is 9.59 Å². The lowest BCUT2D eigenvalue weighted by Crippen LogP contribution is -2.54. The molecule has 5 nitrogen and oxygen atoms in total. The summed E-state index contributed by atoms with van der Waals surface area (Å²) in [4.78, 5) is 34.8. The van der Waals surface area contributed by atoms with Crippen molar-refractivity contribution in [3.05, 3.63) is 48.0 Å². The number of imide groups is 2. The maximum Gasteiger partial charge on any atom is 0.328 e. The van der Waals surface area contributed by atoms with Gasteiger partial charge in [-0.15, -0.1) is 0 Å². The molecule has 0 unspecified atom stereocenters. The van der Waals surface area contributed by atoms with Crippen LogP contribution in [0.4, 0.5) is 4.79 Å². The Hall–Kier alpha value is -2.69. The van der Waals surface area contributed by atoms with Crippen molar-refractivity contribution in [1.29, 1.82) is 0 Å². The van der Waals surface area contributed by atoms with Gasteiger partial charge in [-0.3, -0.25) is 20.2 Å². The van der Waals surface area contributed by atoms with Crippen LogP contribution < -0.4 is 10.6 Å². The first kappa shape index (κ1) is 11.4. The maximum absolute atomic E-state index is 11.9. The molecule has 4 amide bonds. The summed E-state index contributed by atoms with van der Waals surface area (Å²) >= 11 is 0. The van der Waals surface area contributed by atoms with Crippen molar-refractivity contribution in [1.82, 2.24) is 10.6 Å². The zero-order valence-corrected chi connectivity index (χ0v) is 9.84. The predicted molar refractivity (Wildman–Crippen MR) is 68.4 cm³/mol. The monoisotopic (exact) mass is 254 g/mol. The summed E-state index contributed by atoms with van der Waals surface area (Å²) in [6.45, 7) is 0. The van der Waals surface area contributed by atoms with Crippen LogP contribution in [0.5, 0.6) is 0 Å². The molecule has 1 aliphatic heterocycles. The second kappa shape index (κ2) is 4.20. The number of carbonyl (C=O) groups is 3. The number of urea groups is 1. The van der Waals surface area contributed by atoms with Crippen LogP contribution in [-0.4, -0.2) is 17.8 Å². The van der Waals surface area contributed by atoms with Crippen LogP contribution in [0.15, 0.2) is 42.5 Å².